The average molecular weight is 401 g/mol. The van der Waals surface area contributed by atoms with E-state index in [4.69, 9.17) is 0 Å². The molecular weight excluding hydrogens is 380 g/mol. The highest BCUT2D eigenvalue weighted by Crippen LogP contribution is 2.41. The lowest BCUT2D eigenvalue weighted by Gasteiger charge is -2.43. The van der Waals surface area contributed by atoms with Gasteiger partial charge in [0.15, 0.2) is 9.84 Å². The first-order valence-electron chi connectivity index (χ1n) is 7.88. The van der Waals surface area contributed by atoms with Gasteiger partial charge in [-0.25, -0.2) is 8.42 Å². The maximum Gasteiger partial charge on any atom is 0.234 e. The van der Waals surface area contributed by atoms with Gasteiger partial charge in [0.05, 0.1) is 23.6 Å². The molecule has 126 valence electrons. The summed E-state index contributed by atoms with van der Waals surface area (Å²) in [5, 5.41) is 3.19. The first-order valence-corrected chi connectivity index (χ1v) is 10.5. The van der Waals surface area contributed by atoms with E-state index in [1.807, 2.05) is 17.0 Å². The smallest absolute Gasteiger partial charge is 0.234 e. The molecule has 0 bridgehead atoms. The molecule has 1 aromatic carbocycles. The summed E-state index contributed by atoms with van der Waals surface area (Å²) in [4.78, 5) is 14.3. The highest BCUT2D eigenvalue weighted by Gasteiger charge is 2.40. The molecule has 1 aromatic rings. The molecule has 2 aliphatic rings. The summed E-state index contributed by atoms with van der Waals surface area (Å²) in [6.07, 6.45) is 3.02. The molecule has 23 heavy (non-hydrogen) atoms. The van der Waals surface area contributed by atoms with E-state index in [1.54, 1.807) is 0 Å². The molecule has 3 rings (SSSR count). The Morgan fingerprint density at radius 3 is 2.30 bits per heavy atom. The lowest BCUT2D eigenvalue weighted by atomic mass is 9.72. The number of benzene rings is 1. The molecule has 0 radical (unpaired) electrons. The van der Waals surface area contributed by atoms with Gasteiger partial charge in [0, 0.05) is 17.6 Å². The standard InChI is InChI=1S/C16H21BrN2O3S/c17-14-4-2-13(3-5-14)16(6-1-7-16)18-15(20)12-19-8-10-23(21,22)11-9-19/h2-5H,1,6-12H2,(H,18,20). The molecule has 1 saturated heterocycles. The first kappa shape index (κ1) is 16.9. The summed E-state index contributed by atoms with van der Waals surface area (Å²) in [7, 11) is -2.90. The molecule has 5 nitrogen and oxygen atoms in total. The normalized spacial score (nSPS) is 23.0. The predicted octanol–water partition coefficient (Wildman–Crippen LogP) is 1.67. The molecule has 0 aromatic heterocycles. The van der Waals surface area contributed by atoms with E-state index in [-0.39, 0.29) is 29.5 Å². The summed E-state index contributed by atoms with van der Waals surface area (Å²) >= 11 is 3.43. The summed E-state index contributed by atoms with van der Waals surface area (Å²) in [6, 6.07) is 8.10. The molecule has 0 atom stereocenters. The molecule has 1 aliphatic heterocycles. The van der Waals surface area contributed by atoms with Crippen molar-refractivity contribution in [3.05, 3.63) is 34.3 Å². The van der Waals surface area contributed by atoms with Crippen LogP contribution in [0.4, 0.5) is 0 Å². The minimum absolute atomic E-state index is 0.0214. The van der Waals surface area contributed by atoms with Crippen LogP contribution >= 0.6 is 15.9 Å². The van der Waals surface area contributed by atoms with E-state index >= 15 is 0 Å². The maximum atomic E-state index is 12.4. The van der Waals surface area contributed by atoms with Gasteiger partial charge in [0.25, 0.3) is 0 Å². The van der Waals surface area contributed by atoms with Gasteiger partial charge in [-0.2, -0.15) is 0 Å². The highest BCUT2D eigenvalue weighted by molar-refractivity contribution is 9.10. The Balaban J connectivity index is 1.61. The van der Waals surface area contributed by atoms with Crippen LogP contribution in [-0.2, 0) is 20.2 Å². The van der Waals surface area contributed by atoms with Crippen molar-refractivity contribution in [1.29, 1.82) is 0 Å². The molecule has 1 amide bonds. The maximum absolute atomic E-state index is 12.4. The second-order valence-corrected chi connectivity index (χ2v) is 9.64. The van der Waals surface area contributed by atoms with Crippen molar-refractivity contribution in [1.82, 2.24) is 10.2 Å². The largest absolute Gasteiger partial charge is 0.345 e. The lowest BCUT2D eigenvalue weighted by Crippen LogP contribution is -2.54. The molecule has 7 heteroatoms. The average Bonchev–Trinajstić information content (AvgIpc) is 2.46. The third-order valence-corrected chi connectivity index (χ3v) is 6.92. The van der Waals surface area contributed by atoms with Crippen LogP contribution in [0.15, 0.2) is 28.7 Å². The number of rotatable bonds is 4. The minimum Gasteiger partial charge on any atom is -0.345 e. The number of halogens is 1. The minimum atomic E-state index is -2.90. The van der Waals surface area contributed by atoms with E-state index < -0.39 is 9.84 Å². The van der Waals surface area contributed by atoms with Crippen LogP contribution in [0.1, 0.15) is 24.8 Å². The Kier molecular flexibility index (Phi) is 4.80. The number of nitrogens with one attached hydrogen (secondary N) is 1. The van der Waals surface area contributed by atoms with Crippen molar-refractivity contribution in [2.45, 2.75) is 24.8 Å². The van der Waals surface area contributed by atoms with Crippen molar-refractivity contribution >= 4 is 31.7 Å². The van der Waals surface area contributed by atoms with Crippen molar-refractivity contribution in [3.8, 4) is 0 Å². The molecule has 1 heterocycles. The number of nitrogens with zero attached hydrogens (tertiary/aromatic N) is 1. The monoisotopic (exact) mass is 400 g/mol. The fourth-order valence-corrected chi connectivity index (χ4v) is 4.74. The molecule has 1 aliphatic carbocycles. The summed E-state index contributed by atoms with van der Waals surface area (Å²) < 4.78 is 23.9. The molecule has 1 N–H and O–H groups in total. The van der Waals surface area contributed by atoms with Crippen LogP contribution in [0.5, 0.6) is 0 Å². The molecule has 0 spiro atoms. The second-order valence-electron chi connectivity index (χ2n) is 6.42. The van der Waals surface area contributed by atoms with Gasteiger partial charge in [-0.1, -0.05) is 28.1 Å². The number of carbonyl (C=O) groups is 1. The van der Waals surface area contributed by atoms with Crippen molar-refractivity contribution in [2.24, 2.45) is 0 Å². The Bertz CT molecular complexity index is 670. The van der Waals surface area contributed by atoms with Gasteiger partial charge in [-0.3, -0.25) is 9.69 Å². The Labute approximate surface area is 145 Å². The van der Waals surface area contributed by atoms with E-state index in [0.717, 1.165) is 29.3 Å². The fraction of sp³-hybridized carbons (Fsp3) is 0.562. The van der Waals surface area contributed by atoms with Gasteiger partial charge >= 0.3 is 0 Å². The Morgan fingerprint density at radius 1 is 1.17 bits per heavy atom. The second kappa shape index (κ2) is 6.53. The van der Waals surface area contributed by atoms with Crippen molar-refractivity contribution in [2.75, 3.05) is 31.1 Å². The zero-order chi connectivity index (χ0) is 16.5. The fourth-order valence-electron chi connectivity index (χ4n) is 3.20. The van der Waals surface area contributed by atoms with Gasteiger partial charge in [-0.15, -0.1) is 0 Å². The van der Waals surface area contributed by atoms with Crippen molar-refractivity contribution in [3.63, 3.8) is 0 Å². The lowest BCUT2D eigenvalue weighted by molar-refractivity contribution is -0.125. The van der Waals surface area contributed by atoms with Gasteiger partial charge in [-0.05, 0) is 37.0 Å². The Hall–Kier alpha value is -0.920. The molecule has 0 unspecified atom stereocenters. The van der Waals surface area contributed by atoms with E-state index in [1.165, 1.54) is 0 Å². The van der Waals surface area contributed by atoms with Crippen LogP contribution in [0.2, 0.25) is 0 Å². The third kappa shape index (κ3) is 3.95. The van der Waals surface area contributed by atoms with Crippen LogP contribution in [0.25, 0.3) is 0 Å². The van der Waals surface area contributed by atoms with E-state index in [2.05, 4.69) is 33.4 Å². The topological polar surface area (TPSA) is 66.5 Å². The zero-order valence-electron chi connectivity index (χ0n) is 12.9. The van der Waals surface area contributed by atoms with Crippen molar-refractivity contribution < 1.29 is 13.2 Å². The third-order valence-electron chi connectivity index (χ3n) is 4.79. The summed E-state index contributed by atoms with van der Waals surface area (Å²) in [5.41, 5.74) is 0.890. The first-order chi connectivity index (χ1) is 10.9. The highest BCUT2D eigenvalue weighted by atomic mass is 79.9. The van der Waals surface area contributed by atoms with Gasteiger partial charge in [0.1, 0.15) is 0 Å². The molecule has 1 saturated carbocycles. The van der Waals surface area contributed by atoms with E-state index in [9.17, 15) is 13.2 Å². The van der Waals surface area contributed by atoms with Gasteiger partial charge < -0.3 is 5.32 Å². The van der Waals surface area contributed by atoms with Crippen LogP contribution < -0.4 is 5.32 Å². The van der Waals surface area contributed by atoms with Crippen LogP contribution in [-0.4, -0.2) is 50.4 Å². The number of hydrogen-bond donors (Lipinski definition) is 1. The summed E-state index contributed by atoms with van der Waals surface area (Å²) in [6.45, 7) is 1.16. The summed E-state index contributed by atoms with van der Waals surface area (Å²) in [5.74, 6) is 0.280. The number of amides is 1. The number of hydrogen-bond acceptors (Lipinski definition) is 4. The Morgan fingerprint density at radius 2 is 1.78 bits per heavy atom. The van der Waals surface area contributed by atoms with Crippen LogP contribution in [0.3, 0.4) is 0 Å². The quantitative estimate of drug-likeness (QED) is 0.834. The number of sulfone groups is 1. The van der Waals surface area contributed by atoms with E-state index in [0.29, 0.717) is 13.1 Å². The number of carbonyl (C=O) groups excluding carboxylic acids is 1. The molecular formula is C16H21BrN2O3S. The van der Waals surface area contributed by atoms with Gasteiger partial charge in [0.2, 0.25) is 5.91 Å². The molecule has 2 fully saturated rings. The predicted molar refractivity (Wildman–Crippen MR) is 92.9 cm³/mol. The zero-order valence-corrected chi connectivity index (χ0v) is 15.3. The SMILES string of the molecule is O=C(CN1CCS(=O)(=O)CC1)NC1(c2ccc(Br)cc2)CCC1. The van der Waals surface area contributed by atoms with Crippen LogP contribution in [0, 0.1) is 0 Å².